The molecular weight excluding hydrogens is 240 g/mol. The molecule has 0 radical (unpaired) electrons. The Balaban J connectivity index is 1.64. The minimum absolute atomic E-state index is 0.210. The van der Waals surface area contributed by atoms with E-state index in [0.29, 0.717) is 25.2 Å². The molecule has 0 aromatic carbocycles. The third kappa shape index (κ3) is 5.11. The Bertz CT molecular complexity index is 292. The van der Waals surface area contributed by atoms with Gasteiger partial charge in [-0.05, 0) is 38.0 Å². The second-order valence-corrected chi connectivity index (χ2v) is 6.12. The number of hydrogen-bond acceptors (Lipinski definition) is 3. The fraction of sp³-hybridized carbons (Fsp3) is 0.933. The van der Waals surface area contributed by atoms with Gasteiger partial charge in [0.05, 0.1) is 12.1 Å². The van der Waals surface area contributed by atoms with Gasteiger partial charge in [0.15, 0.2) is 0 Å². The highest BCUT2D eigenvalue weighted by molar-refractivity contribution is 5.79. The van der Waals surface area contributed by atoms with Crippen LogP contribution in [-0.4, -0.2) is 30.7 Å². The minimum atomic E-state index is -0.245. The van der Waals surface area contributed by atoms with E-state index in [0.717, 1.165) is 5.92 Å². The van der Waals surface area contributed by atoms with Crippen LogP contribution in [0.4, 0.5) is 0 Å². The highest BCUT2D eigenvalue weighted by Gasteiger charge is 2.27. The molecule has 2 fully saturated rings. The molecule has 0 aromatic rings. The van der Waals surface area contributed by atoms with Gasteiger partial charge in [-0.2, -0.15) is 0 Å². The lowest BCUT2D eigenvalue weighted by Gasteiger charge is -2.29. The molecule has 110 valence electrons. The quantitative estimate of drug-likeness (QED) is 0.707. The second kappa shape index (κ2) is 7.25. The summed E-state index contributed by atoms with van der Waals surface area (Å²) in [6.45, 7) is 2.91. The number of carbonyl (C=O) groups excluding carboxylic acids is 1. The van der Waals surface area contributed by atoms with Gasteiger partial charge in [0, 0.05) is 12.6 Å². The van der Waals surface area contributed by atoms with Crippen molar-refractivity contribution in [3.63, 3.8) is 0 Å². The van der Waals surface area contributed by atoms with Crippen molar-refractivity contribution in [3.05, 3.63) is 0 Å². The van der Waals surface area contributed by atoms with E-state index < -0.39 is 0 Å². The topological polar surface area (TPSA) is 64.3 Å². The Hall–Kier alpha value is -0.610. The molecule has 0 spiro atoms. The van der Waals surface area contributed by atoms with E-state index in [9.17, 15) is 4.79 Å². The van der Waals surface area contributed by atoms with E-state index in [1.165, 1.54) is 44.9 Å². The summed E-state index contributed by atoms with van der Waals surface area (Å²) in [5, 5.41) is 3.29. The molecule has 2 aliphatic rings. The summed E-state index contributed by atoms with van der Waals surface area (Å²) >= 11 is 0. The molecule has 0 aliphatic heterocycles. The SMILES string of the molecule is CCC1CCCC(OCCC(NC2CC2)C(N)=O)C1. The Morgan fingerprint density at radius 3 is 2.79 bits per heavy atom. The normalized spacial score (nSPS) is 29.1. The third-order valence-electron chi connectivity index (χ3n) is 4.43. The van der Waals surface area contributed by atoms with Gasteiger partial charge in [0.25, 0.3) is 0 Å². The smallest absolute Gasteiger partial charge is 0.234 e. The molecule has 2 aliphatic carbocycles. The molecule has 4 heteroatoms. The average Bonchev–Trinajstić information content (AvgIpc) is 3.21. The highest BCUT2D eigenvalue weighted by Crippen LogP contribution is 2.28. The molecule has 2 rings (SSSR count). The lowest BCUT2D eigenvalue weighted by atomic mass is 9.85. The fourth-order valence-corrected chi connectivity index (χ4v) is 2.96. The summed E-state index contributed by atoms with van der Waals surface area (Å²) < 4.78 is 5.95. The molecule has 3 atom stereocenters. The van der Waals surface area contributed by atoms with E-state index in [2.05, 4.69) is 12.2 Å². The zero-order valence-electron chi connectivity index (χ0n) is 12.1. The average molecular weight is 268 g/mol. The Labute approximate surface area is 116 Å². The van der Waals surface area contributed by atoms with Crippen LogP contribution in [0.3, 0.4) is 0 Å². The van der Waals surface area contributed by atoms with Crippen molar-refractivity contribution < 1.29 is 9.53 Å². The van der Waals surface area contributed by atoms with E-state index in [4.69, 9.17) is 10.5 Å². The number of ether oxygens (including phenoxy) is 1. The van der Waals surface area contributed by atoms with Gasteiger partial charge in [-0.15, -0.1) is 0 Å². The van der Waals surface area contributed by atoms with Gasteiger partial charge in [-0.25, -0.2) is 0 Å². The van der Waals surface area contributed by atoms with Crippen LogP contribution in [0.2, 0.25) is 0 Å². The largest absolute Gasteiger partial charge is 0.378 e. The van der Waals surface area contributed by atoms with Crippen LogP contribution in [-0.2, 0) is 9.53 Å². The molecule has 4 nitrogen and oxygen atoms in total. The summed E-state index contributed by atoms with van der Waals surface area (Å²) in [5.41, 5.74) is 5.42. The molecule has 0 saturated heterocycles. The number of nitrogens with one attached hydrogen (secondary N) is 1. The maximum absolute atomic E-state index is 11.3. The molecular formula is C15H28N2O2. The minimum Gasteiger partial charge on any atom is -0.378 e. The van der Waals surface area contributed by atoms with E-state index in [-0.39, 0.29) is 11.9 Å². The van der Waals surface area contributed by atoms with Crippen LogP contribution >= 0.6 is 0 Å². The van der Waals surface area contributed by atoms with Gasteiger partial charge in [-0.1, -0.05) is 26.2 Å². The van der Waals surface area contributed by atoms with E-state index in [1.807, 2.05) is 0 Å². The van der Waals surface area contributed by atoms with Crippen LogP contribution in [0.15, 0.2) is 0 Å². The summed E-state index contributed by atoms with van der Waals surface area (Å²) in [5.74, 6) is 0.584. The van der Waals surface area contributed by atoms with Crippen molar-refractivity contribution in [2.45, 2.75) is 76.5 Å². The number of hydrogen-bond donors (Lipinski definition) is 2. The van der Waals surface area contributed by atoms with Gasteiger partial charge in [0.1, 0.15) is 0 Å². The Morgan fingerprint density at radius 1 is 1.37 bits per heavy atom. The predicted octanol–water partition coefficient (Wildman–Crippen LogP) is 1.97. The Morgan fingerprint density at radius 2 is 2.16 bits per heavy atom. The van der Waals surface area contributed by atoms with Crippen LogP contribution in [0.1, 0.15) is 58.3 Å². The van der Waals surface area contributed by atoms with Gasteiger partial charge in [0.2, 0.25) is 5.91 Å². The molecule has 1 amide bonds. The fourth-order valence-electron chi connectivity index (χ4n) is 2.96. The Kier molecular flexibility index (Phi) is 5.64. The maximum atomic E-state index is 11.3. The lowest BCUT2D eigenvalue weighted by Crippen LogP contribution is -2.43. The summed E-state index contributed by atoms with van der Waals surface area (Å²) in [6, 6.07) is 0.301. The highest BCUT2D eigenvalue weighted by atomic mass is 16.5. The molecule has 0 heterocycles. The third-order valence-corrected chi connectivity index (χ3v) is 4.43. The van der Waals surface area contributed by atoms with Crippen LogP contribution in [0, 0.1) is 5.92 Å². The van der Waals surface area contributed by atoms with Crippen molar-refractivity contribution in [2.24, 2.45) is 11.7 Å². The second-order valence-electron chi connectivity index (χ2n) is 6.12. The number of amides is 1. The first-order valence-corrected chi connectivity index (χ1v) is 7.86. The summed E-state index contributed by atoms with van der Waals surface area (Å²) in [6.07, 6.45) is 9.70. The first kappa shape index (κ1) is 14.8. The van der Waals surface area contributed by atoms with E-state index in [1.54, 1.807) is 0 Å². The van der Waals surface area contributed by atoms with Gasteiger partial charge >= 0.3 is 0 Å². The lowest BCUT2D eigenvalue weighted by molar-refractivity contribution is -0.120. The number of carbonyl (C=O) groups is 1. The standard InChI is InChI=1S/C15H28N2O2/c1-2-11-4-3-5-13(10-11)19-9-8-14(15(16)18)17-12-6-7-12/h11-14,17H,2-10H2,1H3,(H2,16,18). The molecule has 3 N–H and O–H groups in total. The molecule has 3 unspecified atom stereocenters. The van der Waals surface area contributed by atoms with Crippen LogP contribution in [0.25, 0.3) is 0 Å². The van der Waals surface area contributed by atoms with Crippen molar-refractivity contribution in [2.75, 3.05) is 6.61 Å². The van der Waals surface area contributed by atoms with Gasteiger partial charge in [-0.3, -0.25) is 4.79 Å². The zero-order chi connectivity index (χ0) is 13.7. The first-order valence-electron chi connectivity index (χ1n) is 7.86. The molecule has 19 heavy (non-hydrogen) atoms. The zero-order valence-corrected chi connectivity index (χ0v) is 12.1. The summed E-state index contributed by atoms with van der Waals surface area (Å²) in [7, 11) is 0. The van der Waals surface area contributed by atoms with Crippen molar-refractivity contribution >= 4 is 5.91 Å². The van der Waals surface area contributed by atoms with Crippen LogP contribution < -0.4 is 11.1 Å². The number of rotatable bonds is 8. The van der Waals surface area contributed by atoms with Crippen LogP contribution in [0.5, 0.6) is 0 Å². The maximum Gasteiger partial charge on any atom is 0.234 e. The molecule has 2 saturated carbocycles. The van der Waals surface area contributed by atoms with Crippen molar-refractivity contribution in [3.8, 4) is 0 Å². The molecule has 0 bridgehead atoms. The monoisotopic (exact) mass is 268 g/mol. The van der Waals surface area contributed by atoms with Gasteiger partial charge < -0.3 is 15.8 Å². The van der Waals surface area contributed by atoms with Crippen molar-refractivity contribution in [1.82, 2.24) is 5.32 Å². The first-order chi connectivity index (χ1) is 9.19. The number of nitrogens with two attached hydrogens (primary N) is 1. The predicted molar refractivity (Wildman–Crippen MR) is 75.7 cm³/mol. The summed E-state index contributed by atoms with van der Waals surface area (Å²) in [4.78, 5) is 11.3. The number of primary amides is 1. The van der Waals surface area contributed by atoms with E-state index >= 15 is 0 Å². The molecule has 0 aromatic heterocycles. The van der Waals surface area contributed by atoms with Crippen molar-refractivity contribution in [1.29, 1.82) is 0 Å².